The van der Waals surface area contributed by atoms with Crippen molar-refractivity contribution in [3.63, 3.8) is 0 Å². The molecule has 6 heteroatoms. The molecule has 0 saturated carbocycles. The number of anilines is 2. The number of hydrogen-bond acceptors (Lipinski definition) is 3. The van der Waals surface area contributed by atoms with Crippen LogP contribution in [0.25, 0.3) is 0 Å². The molecule has 132 valence electrons. The summed E-state index contributed by atoms with van der Waals surface area (Å²) in [5.41, 5.74) is 1.29. The molecule has 1 aliphatic heterocycles. The third-order valence-corrected chi connectivity index (χ3v) is 4.76. The van der Waals surface area contributed by atoms with Crippen LogP contribution in [-0.4, -0.2) is 43.2 Å². The Kier molecular flexibility index (Phi) is 5.19. The van der Waals surface area contributed by atoms with Gasteiger partial charge in [0.05, 0.1) is 31.9 Å². The fourth-order valence-corrected chi connectivity index (χ4v) is 3.14. The number of amides is 1. The van der Waals surface area contributed by atoms with E-state index in [9.17, 15) is 14.3 Å². The lowest BCUT2D eigenvalue weighted by Crippen LogP contribution is -3.19. The summed E-state index contributed by atoms with van der Waals surface area (Å²) in [6, 6.07) is 13.1. The number of nitrogens with zero attached hydrogens (tertiary/aromatic N) is 1. The summed E-state index contributed by atoms with van der Waals surface area (Å²) in [7, 11) is 0. The number of para-hydroxylation sites is 1. The van der Waals surface area contributed by atoms with Gasteiger partial charge in [0, 0.05) is 5.69 Å². The molecule has 0 aliphatic carbocycles. The second kappa shape index (κ2) is 7.53. The van der Waals surface area contributed by atoms with Gasteiger partial charge in [-0.1, -0.05) is 12.1 Å². The van der Waals surface area contributed by atoms with Gasteiger partial charge in [-0.2, -0.15) is 0 Å². The molecule has 25 heavy (non-hydrogen) atoms. The highest BCUT2D eigenvalue weighted by molar-refractivity contribution is 5.93. The van der Waals surface area contributed by atoms with Crippen molar-refractivity contribution in [3.05, 3.63) is 54.3 Å². The highest BCUT2D eigenvalue weighted by atomic mass is 19.1. The van der Waals surface area contributed by atoms with Gasteiger partial charge < -0.3 is 20.2 Å². The van der Waals surface area contributed by atoms with Crippen LogP contribution in [0.1, 0.15) is 6.92 Å². The van der Waals surface area contributed by atoms with Crippen LogP contribution < -0.4 is 15.1 Å². The monoisotopic (exact) mass is 344 g/mol. The number of carbonyl (C=O) groups is 1. The zero-order valence-electron chi connectivity index (χ0n) is 14.2. The van der Waals surface area contributed by atoms with E-state index in [1.807, 2.05) is 19.1 Å². The van der Waals surface area contributed by atoms with Gasteiger partial charge in [0.25, 0.3) is 5.91 Å². The normalized spacial score (nSPS) is 16.5. The predicted molar refractivity (Wildman–Crippen MR) is 95.5 cm³/mol. The fourth-order valence-electron chi connectivity index (χ4n) is 3.14. The number of hydrogen-bond donors (Lipinski definition) is 3. The minimum Gasteiger partial charge on any atom is -0.508 e. The first-order valence-electron chi connectivity index (χ1n) is 8.48. The van der Waals surface area contributed by atoms with Crippen molar-refractivity contribution in [2.24, 2.45) is 0 Å². The van der Waals surface area contributed by atoms with Crippen LogP contribution in [-0.2, 0) is 4.79 Å². The first-order chi connectivity index (χ1) is 12.0. The predicted octanol–water partition coefficient (Wildman–Crippen LogP) is 1.26. The quantitative estimate of drug-likeness (QED) is 0.783. The number of rotatable bonds is 4. The molecule has 1 aliphatic rings. The van der Waals surface area contributed by atoms with E-state index in [2.05, 4.69) is 10.2 Å². The number of nitrogens with one attached hydrogen (secondary N) is 2. The van der Waals surface area contributed by atoms with E-state index >= 15 is 0 Å². The molecule has 2 aromatic carbocycles. The van der Waals surface area contributed by atoms with Crippen LogP contribution >= 0.6 is 0 Å². The zero-order valence-corrected chi connectivity index (χ0v) is 14.2. The topological polar surface area (TPSA) is 57.0 Å². The molecule has 1 heterocycles. The van der Waals surface area contributed by atoms with Crippen molar-refractivity contribution in [1.82, 2.24) is 0 Å². The third-order valence-electron chi connectivity index (χ3n) is 4.76. The van der Waals surface area contributed by atoms with E-state index in [-0.39, 0.29) is 23.4 Å². The number of aromatic hydroxyl groups is 1. The van der Waals surface area contributed by atoms with E-state index in [1.54, 1.807) is 30.3 Å². The van der Waals surface area contributed by atoms with Crippen molar-refractivity contribution >= 4 is 17.3 Å². The largest absolute Gasteiger partial charge is 0.508 e. The van der Waals surface area contributed by atoms with E-state index < -0.39 is 5.82 Å². The summed E-state index contributed by atoms with van der Waals surface area (Å²) >= 11 is 0. The Hall–Kier alpha value is -2.60. The average Bonchev–Trinajstić information content (AvgIpc) is 2.64. The molecule has 2 aromatic rings. The van der Waals surface area contributed by atoms with Gasteiger partial charge >= 0.3 is 0 Å². The lowest BCUT2D eigenvalue weighted by molar-refractivity contribution is -0.914. The van der Waals surface area contributed by atoms with Crippen molar-refractivity contribution in [3.8, 4) is 5.75 Å². The Morgan fingerprint density at radius 3 is 2.44 bits per heavy atom. The van der Waals surface area contributed by atoms with Crippen molar-refractivity contribution in [2.75, 3.05) is 36.4 Å². The molecule has 0 radical (unpaired) electrons. The zero-order chi connectivity index (χ0) is 17.8. The SMILES string of the molecule is C[C@H](C(=O)Nc1ccccc1F)[NH+]1CCN(c2ccc(O)cc2)CC1. The summed E-state index contributed by atoms with van der Waals surface area (Å²) in [4.78, 5) is 15.8. The van der Waals surface area contributed by atoms with Gasteiger partial charge in [0.2, 0.25) is 0 Å². The van der Waals surface area contributed by atoms with Crippen LogP contribution in [0.15, 0.2) is 48.5 Å². The highest BCUT2D eigenvalue weighted by Gasteiger charge is 2.29. The van der Waals surface area contributed by atoms with E-state index in [0.717, 1.165) is 31.9 Å². The van der Waals surface area contributed by atoms with Crippen LogP contribution in [0.4, 0.5) is 15.8 Å². The number of halogens is 1. The fraction of sp³-hybridized carbons (Fsp3) is 0.316. The summed E-state index contributed by atoms with van der Waals surface area (Å²) in [5, 5.41) is 12.1. The Bertz CT molecular complexity index is 728. The molecule has 0 bridgehead atoms. The number of carbonyl (C=O) groups excluding carboxylic acids is 1. The molecule has 1 fully saturated rings. The molecule has 0 unspecified atom stereocenters. The van der Waals surface area contributed by atoms with E-state index in [0.29, 0.717) is 0 Å². The van der Waals surface area contributed by atoms with Crippen LogP contribution in [0, 0.1) is 5.82 Å². The number of piperazine rings is 1. The summed E-state index contributed by atoms with van der Waals surface area (Å²) in [6.07, 6.45) is 0. The number of phenolic OH excluding ortho intramolecular Hbond substituents is 1. The minimum absolute atomic E-state index is 0.168. The van der Waals surface area contributed by atoms with Crippen LogP contribution in [0.3, 0.4) is 0 Å². The van der Waals surface area contributed by atoms with Crippen molar-refractivity contribution in [2.45, 2.75) is 13.0 Å². The molecular formula is C19H23FN3O2+. The van der Waals surface area contributed by atoms with Crippen molar-refractivity contribution < 1.29 is 19.2 Å². The molecule has 3 N–H and O–H groups in total. The first kappa shape index (κ1) is 17.2. The van der Waals surface area contributed by atoms with E-state index in [4.69, 9.17) is 0 Å². The molecule has 1 amide bonds. The Balaban J connectivity index is 1.56. The molecule has 1 atom stereocenters. The molecule has 0 spiro atoms. The second-order valence-electron chi connectivity index (χ2n) is 6.35. The maximum absolute atomic E-state index is 13.7. The standard InChI is InChI=1S/C19H22FN3O2/c1-14(19(25)21-18-5-3-2-4-17(18)20)22-10-12-23(13-11-22)15-6-8-16(24)9-7-15/h2-9,14,24H,10-13H2,1H3,(H,21,25)/p+1/t14-/m1/s1. The molecule has 5 nitrogen and oxygen atoms in total. The minimum atomic E-state index is -0.421. The Labute approximate surface area is 146 Å². The van der Waals surface area contributed by atoms with Gasteiger partial charge in [0.15, 0.2) is 6.04 Å². The molecule has 0 aromatic heterocycles. The smallest absolute Gasteiger partial charge is 0.282 e. The van der Waals surface area contributed by atoms with Gasteiger partial charge in [-0.15, -0.1) is 0 Å². The highest BCUT2D eigenvalue weighted by Crippen LogP contribution is 2.18. The maximum atomic E-state index is 13.7. The molecular weight excluding hydrogens is 321 g/mol. The first-order valence-corrected chi connectivity index (χ1v) is 8.48. The summed E-state index contributed by atoms with van der Waals surface area (Å²) in [5.74, 6) is -0.333. The van der Waals surface area contributed by atoms with Crippen molar-refractivity contribution in [1.29, 1.82) is 0 Å². The van der Waals surface area contributed by atoms with Gasteiger partial charge in [0.1, 0.15) is 11.6 Å². The molecule has 3 rings (SSSR count). The maximum Gasteiger partial charge on any atom is 0.282 e. The van der Waals surface area contributed by atoms with E-state index in [1.165, 1.54) is 11.0 Å². The van der Waals surface area contributed by atoms with Crippen LogP contribution in [0.2, 0.25) is 0 Å². The third kappa shape index (κ3) is 4.09. The molecule has 1 saturated heterocycles. The lowest BCUT2D eigenvalue weighted by Gasteiger charge is -2.36. The van der Waals surface area contributed by atoms with Gasteiger partial charge in [-0.05, 0) is 43.3 Å². The van der Waals surface area contributed by atoms with Gasteiger partial charge in [-0.25, -0.2) is 4.39 Å². The second-order valence-corrected chi connectivity index (χ2v) is 6.35. The lowest BCUT2D eigenvalue weighted by atomic mass is 10.2. The number of phenols is 1. The van der Waals surface area contributed by atoms with Gasteiger partial charge in [-0.3, -0.25) is 4.79 Å². The number of quaternary nitrogens is 1. The Morgan fingerprint density at radius 2 is 1.80 bits per heavy atom. The summed E-state index contributed by atoms with van der Waals surface area (Å²) in [6.45, 7) is 5.19. The summed E-state index contributed by atoms with van der Waals surface area (Å²) < 4.78 is 13.7. The average molecular weight is 344 g/mol. The number of benzene rings is 2. The van der Waals surface area contributed by atoms with Crippen LogP contribution in [0.5, 0.6) is 5.75 Å². The Morgan fingerprint density at radius 1 is 1.16 bits per heavy atom.